The molecule has 3 rings (SSSR count). The molecule has 1 aromatic carbocycles. The SMILES string of the molecule is CS(=O)(=O)c1cc(F)c(CN2CCCN(C3CCNCC3)C2=O)cc1F. The van der Waals surface area contributed by atoms with Gasteiger partial charge in [-0.1, -0.05) is 0 Å². The number of piperidine rings is 1. The Labute approximate surface area is 152 Å². The monoisotopic (exact) mass is 387 g/mol. The van der Waals surface area contributed by atoms with E-state index in [1.54, 1.807) is 0 Å². The van der Waals surface area contributed by atoms with Crippen molar-refractivity contribution < 1.29 is 22.0 Å². The van der Waals surface area contributed by atoms with E-state index in [2.05, 4.69) is 5.32 Å². The highest BCUT2D eigenvalue weighted by molar-refractivity contribution is 7.90. The number of amides is 2. The number of urea groups is 1. The summed E-state index contributed by atoms with van der Waals surface area (Å²) in [5, 5.41) is 3.26. The molecule has 26 heavy (non-hydrogen) atoms. The predicted molar refractivity (Wildman–Crippen MR) is 92.5 cm³/mol. The van der Waals surface area contributed by atoms with Crippen LogP contribution in [0, 0.1) is 11.6 Å². The number of nitrogens with one attached hydrogen (secondary N) is 1. The minimum Gasteiger partial charge on any atom is -0.321 e. The second-order valence-corrected chi connectivity index (χ2v) is 8.86. The highest BCUT2D eigenvalue weighted by atomic mass is 32.2. The predicted octanol–water partition coefficient (Wildman–Crippen LogP) is 1.75. The van der Waals surface area contributed by atoms with E-state index >= 15 is 0 Å². The summed E-state index contributed by atoms with van der Waals surface area (Å²) in [7, 11) is -3.85. The van der Waals surface area contributed by atoms with Crippen LogP contribution in [-0.4, -0.2) is 62.7 Å². The molecular formula is C17H23F2N3O3S. The summed E-state index contributed by atoms with van der Waals surface area (Å²) < 4.78 is 51.4. The van der Waals surface area contributed by atoms with E-state index in [1.165, 1.54) is 4.90 Å². The van der Waals surface area contributed by atoms with Gasteiger partial charge in [0.05, 0.1) is 6.54 Å². The quantitative estimate of drug-likeness (QED) is 0.855. The number of benzene rings is 1. The molecule has 0 atom stereocenters. The van der Waals surface area contributed by atoms with Crippen molar-refractivity contribution in [2.45, 2.75) is 36.7 Å². The summed E-state index contributed by atoms with van der Waals surface area (Å²) in [6, 6.07) is 1.57. The van der Waals surface area contributed by atoms with Gasteiger partial charge in [-0.25, -0.2) is 22.0 Å². The van der Waals surface area contributed by atoms with Crippen molar-refractivity contribution >= 4 is 15.9 Å². The minimum atomic E-state index is -3.85. The lowest BCUT2D eigenvalue weighted by Crippen LogP contribution is -2.55. The maximum atomic E-state index is 14.3. The molecule has 0 bridgehead atoms. The molecule has 144 valence electrons. The van der Waals surface area contributed by atoms with E-state index < -0.39 is 26.4 Å². The van der Waals surface area contributed by atoms with Crippen molar-refractivity contribution in [1.29, 1.82) is 0 Å². The van der Waals surface area contributed by atoms with Crippen LogP contribution in [0.15, 0.2) is 17.0 Å². The number of sulfone groups is 1. The zero-order chi connectivity index (χ0) is 18.9. The van der Waals surface area contributed by atoms with Crippen molar-refractivity contribution in [2.24, 2.45) is 0 Å². The van der Waals surface area contributed by atoms with Crippen LogP contribution in [0.1, 0.15) is 24.8 Å². The fourth-order valence-electron chi connectivity index (χ4n) is 3.59. The van der Waals surface area contributed by atoms with Gasteiger partial charge in [-0.15, -0.1) is 0 Å². The van der Waals surface area contributed by atoms with E-state index in [1.807, 2.05) is 4.90 Å². The van der Waals surface area contributed by atoms with Gasteiger partial charge in [-0.3, -0.25) is 0 Å². The standard InChI is InChI=1S/C17H23F2N3O3S/c1-26(24,25)16-10-14(18)12(9-15(16)19)11-21-7-2-8-22(17(21)23)13-3-5-20-6-4-13/h9-10,13,20H,2-8,11H2,1H3. The summed E-state index contributed by atoms with van der Waals surface area (Å²) in [4.78, 5) is 15.4. The molecule has 0 radical (unpaired) electrons. The number of hydrogen-bond donors (Lipinski definition) is 1. The molecule has 6 nitrogen and oxygen atoms in total. The van der Waals surface area contributed by atoms with Gasteiger partial charge in [0.1, 0.15) is 16.5 Å². The zero-order valence-electron chi connectivity index (χ0n) is 14.7. The molecule has 0 unspecified atom stereocenters. The minimum absolute atomic E-state index is 0.0181. The largest absolute Gasteiger partial charge is 0.321 e. The first-order valence-corrected chi connectivity index (χ1v) is 10.6. The van der Waals surface area contributed by atoms with Gasteiger partial charge < -0.3 is 15.1 Å². The average Bonchev–Trinajstić information content (AvgIpc) is 2.59. The van der Waals surface area contributed by atoms with E-state index in [4.69, 9.17) is 0 Å². The van der Waals surface area contributed by atoms with Gasteiger partial charge in [-0.05, 0) is 44.5 Å². The highest BCUT2D eigenvalue weighted by Gasteiger charge is 2.32. The summed E-state index contributed by atoms with van der Waals surface area (Å²) in [6.45, 7) is 2.79. The van der Waals surface area contributed by atoms with Gasteiger partial charge >= 0.3 is 6.03 Å². The van der Waals surface area contributed by atoms with Gasteiger partial charge in [-0.2, -0.15) is 0 Å². The van der Waals surface area contributed by atoms with Gasteiger partial charge in [0, 0.05) is 31.0 Å². The third-order valence-corrected chi connectivity index (χ3v) is 6.07. The van der Waals surface area contributed by atoms with Crippen LogP contribution in [0.4, 0.5) is 13.6 Å². The third kappa shape index (κ3) is 3.98. The number of rotatable bonds is 4. The van der Waals surface area contributed by atoms with Crippen LogP contribution in [0.2, 0.25) is 0 Å². The molecule has 2 saturated heterocycles. The highest BCUT2D eigenvalue weighted by Crippen LogP contribution is 2.24. The fraction of sp³-hybridized carbons (Fsp3) is 0.588. The molecule has 1 aromatic rings. The Balaban J connectivity index is 1.77. The summed E-state index contributed by atoms with van der Waals surface area (Å²) in [5.74, 6) is -1.82. The van der Waals surface area contributed by atoms with Crippen molar-refractivity contribution in [3.05, 3.63) is 29.3 Å². The Morgan fingerprint density at radius 3 is 2.50 bits per heavy atom. The van der Waals surface area contributed by atoms with Crippen molar-refractivity contribution in [2.75, 3.05) is 32.4 Å². The second-order valence-electron chi connectivity index (χ2n) is 6.88. The summed E-state index contributed by atoms with van der Waals surface area (Å²) >= 11 is 0. The number of hydrogen-bond acceptors (Lipinski definition) is 4. The molecule has 2 fully saturated rings. The Bertz CT molecular complexity index is 795. The van der Waals surface area contributed by atoms with Crippen LogP contribution in [0.3, 0.4) is 0 Å². The Morgan fingerprint density at radius 1 is 1.15 bits per heavy atom. The number of halogens is 2. The zero-order valence-corrected chi connectivity index (χ0v) is 15.5. The van der Waals surface area contributed by atoms with Crippen molar-refractivity contribution in [1.82, 2.24) is 15.1 Å². The third-order valence-electron chi connectivity index (χ3n) is 4.95. The van der Waals surface area contributed by atoms with E-state index in [0.29, 0.717) is 19.2 Å². The number of carbonyl (C=O) groups excluding carboxylic acids is 1. The molecule has 9 heteroatoms. The maximum absolute atomic E-state index is 14.3. The molecule has 0 saturated carbocycles. The summed E-state index contributed by atoms with van der Waals surface area (Å²) in [5.41, 5.74) is -0.0181. The van der Waals surface area contributed by atoms with Crippen molar-refractivity contribution in [3.8, 4) is 0 Å². The molecule has 0 aromatic heterocycles. The average molecular weight is 387 g/mol. The lowest BCUT2D eigenvalue weighted by Gasteiger charge is -2.41. The molecular weight excluding hydrogens is 364 g/mol. The first-order chi connectivity index (χ1) is 12.3. The molecule has 0 aliphatic carbocycles. The Morgan fingerprint density at radius 2 is 1.85 bits per heavy atom. The molecule has 2 aliphatic rings. The molecule has 2 aliphatic heterocycles. The molecule has 2 heterocycles. The molecule has 1 N–H and O–H groups in total. The van der Waals surface area contributed by atoms with Gasteiger partial charge in [0.2, 0.25) is 0 Å². The topological polar surface area (TPSA) is 69.7 Å². The van der Waals surface area contributed by atoms with Crippen LogP contribution in [0.5, 0.6) is 0 Å². The van der Waals surface area contributed by atoms with E-state index in [-0.39, 0.29) is 24.2 Å². The van der Waals surface area contributed by atoms with Crippen LogP contribution in [0.25, 0.3) is 0 Å². The maximum Gasteiger partial charge on any atom is 0.320 e. The lowest BCUT2D eigenvalue weighted by atomic mass is 10.0. The van der Waals surface area contributed by atoms with Gasteiger partial charge in [0.25, 0.3) is 0 Å². The lowest BCUT2D eigenvalue weighted by molar-refractivity contribution is 0.0948. The van der Waals surface area contributed by atoms with Crippen LogP contribution >= 0.6 is 0 Å². The van der Waals surface area contributed by atoms with Crippen molar-refractivity contribution in [3.63, 3.8) is 0 Å². The normalized spacial score (nSPS) is 19.9. The Kier molecular flexibility index (Phi) is 5.47. The first kappa shape index (κ1) is 19.0. The summed E-state index contributed by atoms with van der Waals surface area (Å²) in [6.07, 6.45) is 3.36. The smallest absolute Gasteiger partial charge is 0.320 e. The van der Waals surface area contributed by atoms with Crippen LogP contribution in [-0.2, 0) is 16.4 Å². The second kappa shape index (κ2) is 7.48. The fourth-order valence-corrected chi connectivity index (χ4v) is 4.32. The molecule has 0 spiro atoms. The van der Waals surface area contributed by atoms with E-state index in [9.17, 15) is 22.0 Å². The number of nitrogens with zero attached hydrogens (tertiary/aromatic N) is 2. The Hall–Kier alpha value is -1.74. The molecule has 2 amide bonds. The van der Waals surface area contributed by atoms with E-state index in [0.717, 1.165) is 44.7 Å². The number of carbonyl (C=O) groups is 1. The van der Waals surface area contributed by atoms with Gasteiger partial charge in [0.15, 0.2) is 9.84 Å². The van der Waals surface area contributed by atoms with Crippen LogP contribution < -0.4 is 5.32 Å². The first-order valence-electron chi connectivity index (χ1n) is 8.71.